The molecule has 13 heteroatoms. The van der Waals surface area contributed by atoms with Crippen LogP contribution in [0.25, 0.3) is 11.0 Å². The van der Waals surface area contributed by atoms with Crippen LogP contribution in [0.3, 0.4) is 0 Å². The number of methoxy groups -OCH3 is 2. The van der Waals surface area contributed by atoms with Crippen LogP contribution in [0.15, 0.2) is 33.7 Å². The molecule has 0 bridgehead atoms. The quantitative estimate of drug-likeness (QED) is 0.331. The lowest BCUT2D eigenvalue weighted by Crippen LogP contribution is -2.41. The molecule has 0 fully saturated rings. The van der Waals surface area contributed by atoms with Crippen molar-refractivity contribution in [2.75, 3.05) is 19.5 Å². The zero-order valence-corrected chi connectivity index (χ0v) is 21.9. The van der Waals surface area contributed by atoms with Crippen molar-refractivity contribution in [1.29, 1.82) is 0 Å². The first-order chi connectivity index (χ1) is 17.9. The molecule has 3 rings (SSSR count). The average Bonchev–Trinajstić information content (AvgIpc) is 3.52. The van der Waals surface area contributed by atoms with E-state index in [2.05, 4.69) is 30.1 Å². The zero-order valence-electron chi connectivity index (χ0n) is 21.9. The molecular weight excluding hydrogens is 498 g/mol. The highest BCUT2D eigenvalue weighted by atomic mass is 16.5. The van der Waals surface area contributed by atoms with Crippen molar-refractivity contribution < 1.29 is 33.1 Å². The van der Waals surface area contributed by atoms with Crippen molar-refractivity contribution in [3.05, 3.63) is 46.4 Å². The van der Waals surface area contributed by atoms with Gasteiger partial charge < -0.3 is 29.5 Å². The van der Waals surface area contributed by atoms with Crippen molar-refractivity contribution in [1.82, 2.24) is 19.9 Å². The van der Waals surface area contributed by atoms with Crippen LogP contribution in [0, 0.1) is 5.41 Å². The van der Waals surface area contributed by atoms with E-state index in [-0.39, 0.29) is 43.0 Å². The third-order valence-corrected chi connectivity index (χ3v) is 5.68. The molecule has 0 aliphatic rings. The van der Waals surface area contributed by atoms with Gasteiger partial charge >= 0.3 is 11.9 Å². The summed E-state index contributed by atoms with van der Waals surface area (Å²) in [4.78, 5) is 68.3. The smallest absolute Gasteiger partial charge is 0.328 e. The summed E-state index contributed by atoms with van der Waals surface area (Å²) in [5.41, 5.74) is -0.564. The molecular formula is C25H31N5O8. The number of rotatable bonds is 10. The summed E-state index contributed by atoms with van der Waals surface area (Å²) < 4.78 is 16.2. The number of aromatic nitrogens is 3. The molecule has 0 unspecified atom stereocenters. The van der Waals surface area contributed by atoms with Gasteiger partial charge in [-0.25, -0.2) is 9.78 Å². The Morgan fingerprint density at radius 2 is 1.89 bits per heavy atom. The van der Waals surface area contributed by atoms with E-state index in [4.69, 9.17) is 4.42 Å². The van der Waals surface area contributed by atoms with Crippen LogP contribution in [-0.2, 0) is 36.8 Å². The minimum absolute atomic E-state index is 0.00218. The molecule has 1 atom stereocenters. The summed E-state index contributed by atoms with van der Waals surface area (Å²) in [6.07, 6.45) is 1.58. The SMILES string of the molecule is COC(=O)CC[C@H](NC(=O)c1ccc(CCn2cnc3[nH]c(NC(=O)C(C)(C)C)cc3c2=O)o1)C(=O)OC. The molecule has 0 aliphatic carbocycles. The van der Waals surface area contributed by atoms with E-state index in [9.17, 15) is 24.0 Å². The summed E-state index contributed by atoms with van der Waals surface area (Å²) in [7, 11) is 2.40. The van der Waals surface area contributed by atoms with E-state index in [1.807, 2.05) is 0 Å². The second-order valence-corrected chi connectivity index (χ2v) is 9.57. The number of hydrogen-bond acceptors (Lipinski definition) is 9. The fourth-order valence-electron chi connectivity index (χ4n) is 3.43. The number of carbonyl (C=O) groups is 4. The Bertz CT molecular complexity index is 1390. The monoisotopic (exact) mass is 529 g/mol. The largest absolute Gasteiger partial charge is 0.469 e. The van der Waals surface area contributed by atoms with E-state index < -0.39 is 29.3 Å². The highest BCUT2D eigenvalue weighted by Crippen LogP contribution is 2.19. The van der Waals surface area contributed by atoms with Crippen molar-refractivity contribution in [2.24, 2.45) is 5.41 Å². The van der Waals surface area contributed by atoms with Gasteiger partial charge in [0.2, 0.25) is 5.91 Å². The van der Waals surface area contributed by atoms with Crippen LogP contribution in [-0.4, -0.2) is 58.5 Å². The molecule has 3 aromatic rings. The van der Waals surface area contributed by atoms with Crippen molar-refractivity contribution >= 4 is 40.6 Å². The molecule has 3 N–H and O–H groups in total. The van der Waals surface area contributed by atoms with Crippen molar-refractivity contribution in [2.45, 2.75) is 52.6 Å². The maximum Gasteiger partial charge on any atom is 0.328 e. The van der Waals surface area contributed by atoms with Crippen LogP contribution in [0.5, 0.6) is 0 Å². The molecule has 0 saturated carbocycles. The fraction of sp³-hybridized carbons (Fsp3) is 0.440. The number of aryl methyl sites for hydroxylation is 2. The Balaban J connectivity index is 1.65. The number of esters is 2. The second kappa shape index (κ2) is 11.8. The van der Waals surface area contributed by atoms with Gasteiger partial charge in [-0.2, -0.15) is 0 Å². The third kappa shape index (κ3) is 6.87. The summed E-state index contributed by atoms with van der Waals surface area (Å²) >= 11 is 0. The zero-order chi connectivity index (χ0) is 28.0. The number of nitrogens with one attached hydrogen (secondary N) is 3. The molecule has 0 spiro atoms. The Morgan fingerprint density at radius 3 is 2.55 bits per heavy atom. The van der Waals surface area contributed by atoms with Crippen LogP contribution in [0.4, 0.5) is 5.82 Å². The summed E-state index contributed by atoms with van der Waals surface area (Å²) in [5, 5.41) is 5.55. The molecule has 0 saturated heterocycles. The molecule has 2 amide bonds. The molecule has 3 heterocycles. The van der Waals surface area contributed by atoms with Gasteiger partial charge in [0, 0.05) is 24.8 Å². The van der Waals surface area contributed by atoms with Crippen LogP contribution < -0.4 is 16.2 Å². The predicted octanol–water partition coefficient (Wildman–Crippen LogP) is 1.77. The first-order valence-electron chi connectivity index (χ1n) is 11.9. The van der Waals surface area contributed by atoms with Gasteiger partial charge in [0.05, 0.1) is 25.9 Å². The lowest BCUT2D eigenvalue weighted by atomic mass is 9.96. The molecule has 3 aromatic heterocycles. The van der Waals surface area contributed by atoms with Crippen LogP contribution >= 0.6 is 0 Å². The van der Waals surface area contributed by atoms with E-state index in [0.29, 0.717) is 22.6 Å². The molecule has 0 aliphatic heterocycles. The van der Waals surface area contributed by atoms with Gasteiger partial charge in [0.25, 0.3) is 11.5 Å². The number of amides is 2. The normalized spacial score (nSPS) is 12.1. The van der Waals surface area contributed by atoms with Crippen LogP contribution in [0.2, 0.25) is 0 Å². The molecule has 38 heavy (non-hydrogen) atoms. The van der Waals surface area contributed by atoms with Gasteiger partial charge in [0.15, 0.2) is 5.76 Å². The van der Waals surface area contributed by atoms with E-state index in [1.165, 1.54) is 37.2 Å². The fourth-order valence-corrected chi connectivity index (χ4v) is 3.43. The standard InChI is InChI=1S/C25H31N5O8/c1-25(2,3)24(35)29-18-12-15-20(28-18)26-13-30(22(15)33)11-10-14-6-8-17(38-14)21(32)27-16(23(34)37-5)7-9-19(31)36-4/h6,8,12-13,16,28H,7,9-11H2,1-5H3,(H,27,32)(H,29,35)/t16-/m0/s1. The minimum atomic E-state index is -1.06. The maximum absolute atomic E-state index is 12.9. The van der Waals surface area contributed by atoms with Crippen LogP contribution in [0.1, 0.15) is 49.9 Å². The Kier molecular flexibility index (Phi) is 8.71. The highest BCUT2D eigenvalue weighted by Gasteiger charge is 2.25. The van der Waals surface area contributed by atoms with Gasteiger partial charge in [-0.15, -0.1) is 0 Å². The first kappa shape index (κ1) is 28.2. The van der Waals surface area contributed by atoms with E-state index >= 15 is 0 Å². The molecule has 0 radical (unpaired) electrons. The Hall–Kier alpha value is -4.42. The van der Waals surface area contributed by atoms with E-state index in [0.717, 1.165) is 0 Å². The van der Waals surface area contributed by atoms with Crippen molar-refractivity contribution in [3.63, 3.8) is 0 Å². The Morgan fingerprint density at radius 1 is 1.16 bits per heavy atom. The average molecular weight is 530 g/mol. The number of nitrogens with zero attached hydrogens (tertiary/aromatic N) is 2. The van der Waals surface area contributed by atoms with Gasteiger partial charge in [-0.1, -0.05) is 20.8 Å². The lowest BCUT2D eigenvalue weighted by Gasteiger charge is -2.16. The number of hydrogen-bond donors (Lipinski definition) is 3. The third-order valence-electron chi connectivity index (χ3n) is 5.68. The number of anilines is 1. The number of aromatic amines is 1. The first-order valence-corrected chi connectivity index (χ1v) is 11.9. The molecule has 0 aromatic carbocycles. The number of fused-ring (bicyclic) bond motifs is 1. The summed E-state index contributed by atoms with van der Waals surface area (Å²) in [6, 6.07) is 3.51. The number of H-pyrrole nitrogens is 1. The molecule has 13 nitrogen and oxygen atoms in total. The van der Waals surface area contributed by atoms with E-state index in [1.54, 1.807) is 26.8 Å². The highest BCUT2D eigenvalue weighted by molar-refractivity contribution is 5.96. The minimum Gasteiger partial charge on any atom is -0.469 e. The molecule has 204 valence electrons. The van der Waals surface area contributed by atoms with Gasteiger partial charge in [-0.3, -0.25) is 23.7 Å². The second-order valence-electron chi connectivity index (χ2n) is 9.57. The Labute approximate surface area is 217 Å². The van der Waals surface area contributed by atoms with Gasteiger partial charge in [0.1, 0.15) is 23.3 Å². The topological polar surface area (TPSA) is 175 Å². The van der Waals surface area contributed by atoms with Gasteiger partial charge in [-0.05, 0) is 24.6 Å². The van der Waals surface area contributed by atoms with Crippen molar-refractivity contribution in [3.8, 4) is 0 Å². The summed E-state index contributed by atoms with van der Waals surface area (Å²) in [6.45, 7) is 5.56. The predicted molar refractivity (Wildman–Crippen MR) is 135 cm³/mol. The number of furan rings is 1. The number of carbonyl (C=O) groups excluding carboxylic acids is 4. The summed E-state index contributed by atoms with van der Waals surface area (Å²) in [5.74, 6) is -1.33. The maximum atomic E-state index is 12.9. The number of ether oxygens (including phenoxy) is 2. The lowest BCUT2D eigenvalue weighted by molar-refractivity contribution is -0.144.